The van der Waals surface area contributed by atoms with Crippen LogP contribution >= 0.6 is 11.8 Å². The van der Waals surface area contributed by atoms with E-state index < -0.39 is 0 Å². The molecule has 4 rings (SSSR count). The summed E-state index contributed by atoms with van der Waals surface area (Å²) >= 11 is 1.65. The molecule has 6 heteroatoms. The molecule has 1 aliphatic rings. The third kappa shape index (κ3) is 6.67. The number of nitrogens with zero attached hydrogens (tertiary/aromatic N) is 1. The maximum atomic E-state index is 12.6. The second kappa shape index (κ2) is 12.5. The lowest BCUT2D eigenvalue weighted by Gasteiger charge is -2.24. The molecule has 0 saturated carbocycles. The molecule has 1 atom stereocenters. The predicted molar refractivity (Wildman–Crippen MR) is 142 cm³/mol. The molecule has 0 aliphatic carbocycles. The van der Waals surface area contributed by atoms with Crippen LogP contribution in [0.15, 0.2) is 78.9 Å². The van der Waals surface area contributed by atoms with Crippen LogP contribution in [0.3, 0.4) is 0 Å². The van der Waals surface area contributed by atoms with Gasteiger partial charge in [0.05, 0.1) is 12.4 Å². The van der Waals surface area contributed by atoms with Crippen LogP contribution in [0.5, 0.6) is 5.75 Å². The Bertz CT molecular complexity index is 1120. The molecule has 2 amide bonds. The zero-order valence-corrected chi connectivity index (χ0v) is 20.9. The zero-order chi connectivity index (χ0) is 24.5. The Morgan fingerprint density at radius 3 is 2.51 bits per heavy atom. The van der Waals surface area contributed by atoms with Gasteiger partial charge in [0, 0.05) is 18.7 Å². The first-order valence-electron chi connectivity index (χ1n) is 12.2. The molecule has 0 aromatic heterocycles. The number of benzene rings is 3. The normalized spacial score (nSPS) is 15.3. The lowest BCUT2D eigenvalue weighted by Crippen LogP contribution is -2.30. The first-order valence-corrected chi connectivity index (χ1v) is 13.2. The molecule has 1 fully saturated rings. The maximum Gasteiger partial charge on any atom is 0.251 e. The van der Waals surface area contributed by atoms with Crippen molar-refractivity contribution in [3.8, 4) is 5.75 Å². The molecule has 0 radical (unpaired) electrons. The third-order valence-electron chi connectivity index (χ3n) is 6.09. The summed E-state index contributed by atoms with van der Waals surface area (Å²) in [5.41, 5.74) is 4.07. The number of amides is 2. The van der Waals surface area contributed by atoms with Gasteiger partial charge in [-0.3, -0.25) is 9.59 Å². The summed E-state index contributed by atoms with van der Waals surface area (Å²) in [7, 11) is 0. The molecule has 182 valence electrons. The number of hydrogen-bond donors (Lipinski definition) is 1. The van der Waals surface area contributed by atoms with Crippen LogP contribution in [0.2, 0.25) is 0 Å². The average molecular weight is 489 g/mol. The Hall–Kier alpha value is -3.25. The number of thioether (sulfide) groups is 1. The van der Waals surface area contributed by atoms with Crippen LogP contribution < -0.4 is 10.1 Å². The summed E-state index contributed by atoms with van der Waals surface area (Å²) in [5.74, 6) is 1.50. The number of carbonyl (C=O) groups excluding carboxylic acids is 2. The minimum atomic E-state index is -0.0780. The Morgan fingerprint density at radius 2 is 1.74 bits per heavy atom. The van der Waals surface area contributed by atoms with Crippen molar-refractivity contribution in [3.05, 3.63) is 101 Å². The first-order chi connectivity index (χ1) is 17.2. The van der Waals surface area contributed by atoms with Crippen LogP contribution in [0.4, 0.5) is 0 Å². The van der Waals surface area contributed by atoms with Crippen LogP contribution in [-0.4, -0.2) is 42.2 Å². The molecule has 1 aliphatic heterocycles. The van der Waals surface area contributed by atoms with E-state index >= 15 is 0 Å². The highest BCUT2D eigenvalue weighted by Gasteiger charge is 2.32. The lowest BCUT2D eigenvalue weighted by atomic mass is 10.1. The van der Waals surface area contributed by atoms with Crippen molar-refractivity contribution in [2.24, 2.45) is 0 Å². The number of ether oxygens (including phenoxy) is 1. The molecule has 1 saturated heterocycles. The summed E-state index contributed by atoms with van der Waals surface area (Å²) in [5, 5.41) is 3.01. The number of hydrogen-bond acceptors (Lipinski definition) is 4. The van der Waals surface area contributed by atoms with Crippen LogP contribution in [-0.2, 0) is 17.6 Å². The van der Waals surface area contributed by atoms with Crippen molar-refractivity contribution in [2.45, 2.75) is 31.6 Å². The first kappa shape index (κ1) is 24.9. The lowest BCUT2D eigenvalue weighted by molar-refractivity contribution is -0.128. The van der Waals surface area contributed by atoms with E-state index in [1.807, 2.05) is 72.5 Å². The van der Waals surface area contributed by atoms with Gasteiger partial charge < -0.3 is 15.0 Å². The molecular formula is C29H32N2O3S. The van der Waals surface area contributed by atoms with Crippen molar-refractivity contribution in [2.75, 3.05) is 25.4 Å². The highest BCUT2D eigenvalue weighted by Crippen LogP contribution is 2.38. The highest BCUT2D eigenvalue weighted by molar-refractivity contribution is 8.00. The van der Waals surface area contributed by atoms with E-state index in [-0.39, 0.29) is 17.2 Å². The number of carbonyl (C=O) groups is 2. The van der Waals surface area contributed by atoms with E-state index in [2.05, 4.69) is 23.5 Å². The monoisotopic (exact) mass is 488 g/mol. The molecule has 1 unspecified atom stereocenters. The van der Waals surface area contributed by atoms with Crippen LogP contribution in [0.25, 0.3) is 0 Å². The van der Waals surface area contributed by atoms with Crippen molar-refractivity contribution in [3.63, 3.8) is 0 Å². The van der Waals surface area contributed by atoms with Crippen molar-refractivity contribution >= 4 is 23.6 Å². The molecular weight excluding hydrogens is 456 g/mol. The van der Waals surface area contributed by atoms with E-state index in [0.717, 1.165) is 36.1 Å². The van der Waals surface area contributed by atoms with E-state index in [1.165, 1.54) is 5.56 Å². The number of aryl methyl sites for hydroxylation is 1. The molecule has 3 aromatic carbocycles. The summed E-state index contributed by atoms with van der Waals surface area (Å²) in [6.45, 7) is 3.91. The smallest absolute Gasteiger partial charge is 0.251 e. The molecule has 1 heterocycles. The topological polar surface area (TPSA) is 58.6 Å². The van der Waals surface area contributed by atoms with Gasteiger partial charge in [0.2, 0.25) is 5.91 Å². The predicted octanol–water partition coefficient (Wildman–Crippen LogP) is 5.26. The summed E-state index contributed by atoms with van der Waals surface area (Å²) in [6.07, 6.45) is 2.52. The van der Waals surface area contributed by atoms with E-state index in [4.69, 9.17) is 4.74 Å². The Kier molecular flexibility index (Phi) is 8.85. The number of para-hydroxylation sites is 1. The summed E-state index contributed by atoms with van der Waals surface area (Å²) in [6, 6.07) is 25.9. The number of nitrogens with one attached hydrogen (secondary N) is 1. The summed E-state index contributed by atoms with van der Waals surface area (Å²) in [4.78, 5) is 27.1. The Labute approximate surface area is 211 Å². The Balaban J connectivity index is 1.28. The molecule has 1 N–H and O–H groups in total. The van der Waals surface area contributed by atoms with E-state index in [0.29, 0.717) is 31.0 Å². The van der Waals surface area contributed by atoms with Gasteiger partial charge in [0.25, 0.3) is 5.91 Å². The van der Waals surface area contributed by atoms with Gasteiger partial charge in [-0.25, -0.2) is 0 Å². The molecule has 5 nitrogen and oxygen atoms in total. The fourth-order valence-electron chi connectivity index (χ4n) is 4.25. The SMILES string of the molecule is CCOc1ccccc1CCCNC(=O)c1ccc(C2SCC(=O)N2CCc2ccccc2)cc1. The van der Waals surface area contributed by atoms with Crippen LogP contribution in [0, 0.1) is 0 Å². The standard InChI is InChI=1S/C29H32N2O3S/c1-2-34-26-13-7-6-11-23(26)12-8-19-30-28(33)24-14-16-25(17-15-24)29-31(27(32)21-35-29)20-18-22-9-4-3-5-10-22/h3-7,9-11,13-17,29H,2,8,12,18-21H2,1H3,(H,30,33). The minimum absolute atomic E-state index is 0.00580. The third-order valence-corrected chi connectivity index (χ3v) is 7.35. The van der Waals surface area contributed by atoms with Gasteiger partial charge in [-0.1, -0.05) is 60.7 Å². The van der Waals surface area contributed by atoms with Crippen molar-refractivity contribution in [1.82, 2.24) is 10.2 Å². The van der Waals surface area contributed by atoms with E-state index in [1.54, 1.807) is 11.8 Å². The van der Waals surface area contributed by atoms with Crippen LogP contribution in [0.1, 0.15) is 45.8 Å². The van der Waals surface area contributed by atoms with Gasteiger partial charge in [-0.05, 0) is 61.1 Å². The van der Waals surface area contributed by atoms with Crippen molar-refractivity contribution < 1.29 is 14.3 Å². The maximum absolute atomic E-state index is 12.6. The fourth-order valence-corrected chi connectivity index (χ4v) is 5.47. The Morgan fingerprint density at radius 1 is 1.00 bits per heavy atom. The van der Waals surface area contributed by atoms with Gasteiger partial charge in [0.1, 0.15) is 11.1 Å². The highest BCUT2D eigenvalue weighted by atomic mass is 32.2. The second-order valence-corrected chi connectivity index (χ2v) is 9.58. The second-order valence-electron chi connectivity index (χ2n) is 8.51. The van der Waals surface area contributed by atoms with Crippen molar-refractivity contribution in [1.29, 1.82) is 0 Å². The van der Waals surface area contributed by atoms with Gasteiger partial charge in [-0.15, -0.1) is 11.8 Å². The van der Waals surface area contributed by atoms with Gasteiger partial charge >= 0.3 is 0 Å². The zero-order valence-electron chi connectivity index (χ0n) is 20.1. The number of rotatable bonds is 11. The van der Waals surface area contributed by atoms with Gasteiger partial charge in [-0.2, -0.15) is 0 Å². The largest absolute Gasteiger partial charge is 0.494 e. The van der Waals surface area contributed by atoms with Gasteiger partial charge in [0.15, 0.2) is 0 Å². The quantitative estimate of drug-likeness (QED) is 0.374. The fraction of sp³-hybridized carbons (Fsp3) is 0.310. The molecule has 0 spiro atoms. The molecule has 35 heavy (non-hydrogen) atoms. The molecule has 0 bridgehead atoms. The van der Waals surface area contributed by atoms with E-state index in [9.17, 15) is 9.59 Å². The molecule has 3 aromatic rings. The summed E-state index contributed by atoms with van der Waals surface area (Å²) < 4.78 is 5.68. The average Bonchev–Trinajstić information content (AvgIpc) is 3.27. The minimum Gasteiger partial charge on any atom is -0.494 e.